The number of rotatable bonds is 2. The van der Waals surface area contributed by atoms with Gasteiger partial charge < -0.3 is 9.15 Å². The minimum Gasteiger partial charge on any atom is -0.463 e. The molecular formula is C19H14ClNO4. The Morgan fingerprint density at radius 3 is 2.76 bits per heavy atom. The van der Waals surface area contributed by atoms with Crippen LogP contribution in [0.4, 0.5) is 0 Å². The molecule has 5 nitrogen and oxygen atoms in total. The van der Waals surface area contributed by atoms with Crippen LogP contribution in [0.5, 0.6) is 0 Å². The van der Waals surface area contributed by atoms with E-state index in [-0.39, 0.29) is 11.0 Å². The van der Waals surface area contributed by atoms with Gasteiger partial charge in [-0.05, 0) is 43.7 Å². The topological polar surface area (TPSA) is 80.3 Å². The SMILES string of the molecule is CC1(C)CC(/C=C/c2coc3ccc(Cl)cc3c2=O)=C(C#N)C(=O)O1. The zero-order valence-corrected chi connectivity index (χ0v) is 14.4. The lowest BCUT2D eigenvalue weighted by Gasteiger charge is -2.30. The zero-order chi connectivity index (χ0) is 18.2. The van der Waals surface area contributed by atoms with Crippen molar-refractivity contribution in [2.75, 3.05) is 0 Å². The monoisotopic (exact) mass is 355 g/mol. The van der Waals surface area contributed by atoms with E-state index in [1.165, 1.54) is 12.3 Å². The number of halogens is 1. The second-order valence-electron chi connectivity index (χ2n) is 6.33. The summed E-state index contributed by atoms with van der Waals surface area (Å²) in [6.07, 6.45) is 4.84. The van der Waals surface area contributed by atoms with Gasteiger partial charge >= 0.3 is 5.97 Å². The molecule has 0 aliphatic carbocycles. The summed E-state index contributed by atoms with van der Waals surface area (Å²) in [5.74, 6) is -0.657. The van der Waals surface area contributed by atoms with Gasteiger partial charge in [0.2, 0.25) is 0 Å². The predicted octanol–water partition coefficient (Wildman–Crippen LogP) is 4.01. The molecule has 0 unspecified atom stereocenters. The van der Waals surface area contributed by atoms with Crippen molar-refractivity contribution in [1.29, 1.82) is 5.26 Å². The third kappa shape index (κ3) is 3.35. The van der Waals surface area contributed by atoms with Crippen LogP contribution in [0.2, 0.25) is 5.02 Å². The van der Waals surface area contributed by atoms with Gasteiger partial charge in [-0.25, -0.2) is 4.79 Å². The molecule has 0 spiro atoms. The van der Waals surface area contributed by atoms with E-state index in [1.807, 2.05) is 6.07 Å². The van der Waals surface area contributed by atoms with Crippen LogP contribution in [0, 0.1) is 11.3 Å². The lowest BCUT2D eigenvalue weighted by atomic mass is 9.91. The first kappa shape index (κ1) is 17.0. The van der Waals surface area contributed by atoms with Gasteiger partial charge in [0.15, 0.2) is 5.43 Å². The van der Waals surface area contributed by atoms with Crippen molar-refractivity contribution in [3.05, 3.63) is 62.5 Å². The normalized spacial score (nSPS) is 17.0. The molecule has 6 heteroatoms. The molecule has 126 valence electrons. The maximum Gasteiger partial charge on any atom is 0.349 e. The van der Waals surface area contributed by atoms with E-state index in [1.54, 1.807) is 38.1 Å². The highest BCUT2D eigenvalue weighted by atomic mass is 35.5. The second kappa shape index (κ2) is 6.23. The van der Waals surface area contributed by atoms with Crippen LogP contribution >= 0.6 is 11.6 Å². The first-order chi connectivity index (χ1) is 11.8. The van der Waals surface area contributed by atoms with E-state index in [0.717, 1.165) is 0 Å². The van der Waals surface area contributed by atoms with Crippen molar-refractivity contribution in [2.24, 2.45) is 0 Å². The summed E-state index contributed by atoms with van der Waals surface area (Å²) in [6, 6.07) is 6.68. The van der Waals surface area contributed by atoms with Crippen LogP contribution in [0.1, 0.15) is 25.8 Å². The van der Waals surface area contributed by atoms with Crippen molar-refractivity contribution >= 4 is 34.6 Å². The maximum atomic E-state index is 12.6. The Hall–Kier alpha value is -2.84. The molecule has 0 saturated heterocycles. The molecule has 0 N–H and O–H groups in total. The molecule has 0 fully saturated rings. The number of esters is 1. The molecule has 2 aromatic rings. The highest BCUT2D eigenvalue weighted by Crippen LogP contribution is 2.30. The number of carbonyl (C=O) groups is 1. The summed E-state index contributed by atoms with van der Waals surface area (Å²) < 4.78 is 10.7. The molecule has 0 atom stereocenters. The molecule has 2 heterocycles. The fourth-order valence-corrected chi connectivity index (χ4v) is 2.87. The van der Waals surface area contributed by atoms with Crippen LogP contribution in [-0.4, -0.2) is 11.6 Å². The van der Waals surface area contributed by atoms with Gasteiger partial charge in [-0.1, -0.05) is 17.7 Å². The highest BCUT2D eigenvalue weighted by molar-refractivity contribution is 6.31. The smallest absolute Gasteiger partial charge is 0.349 e. The Balaban J connectivity index is 2.06. The third-order valence-electron chi connectivity index (χ3n) is 3.85. The molecule has 1 aromatic heterocycles. The molecule has 0 radical (unpaired) electrons. The fraction of sp³-hybridized carbons (Fsp3) is 0.211. The minimum atomic E-state index is -0.710. The van der Waals surface area contributed by atoms with Crippen molar-refractivity contribution in [3.63, 3.8) is 0 Å². The van der Waals surface area contributed by atoms with Gasteiger partial charge in [-0.2, -0.15) is 5.26 Å². The Bertz CT molecular complexity index is 1040. The Morgan fingerprint density at radius 2 is 2.04 bits per heavy atom. The van der Waals surface area contributed by atoms with Gasteiger partial charge in [0.05, 0.1) is 10.9 Å². The molecule has 25 heavy (non-hydrogen) atoms. The molecule has 1 aliphatic heterocycles. The van der Waals surface area contributed by atoms with E-state index < -0.39 is 11.6 Å². The predicted molar refractivity (Wildman–Crippen MR) is 94.0 cm³/mol. The second-order valence-corrected chi connectivity index (χ2v) is 6.77. The third-order valence-corrected chi connectivity index (χ3v) is 4.08. The number of benzene rings is 1. The van der Waals surface area contributed by atoms with Gasteiger partial charge in [-0.3, -0.25) is 4.79 Å². The number of fused-ring (bicyclic) bond motifs is 1. The summed E-state index contributed by atoms with van der Waals surface area (Å²) >= 11 is 5.93. The molecule has 0 amide bonds. The first-order valence-corrected chi connectivity index (χ1v) is 7.94. The number of cyclic esters (lactones) is 1. The summed E-state index contributed by atoms with van der Waals surface area (Å²) in [5, 5.41) is 9.99. The van der Waals surface area contributed by atoms with Crippen LogP contribution < -0.4 is 5.43 Å². The van der Waals surface area contributed by atoms with E-state index in [9.17, 15) is 14.9 Å². The number of allylic oxidation sites excluding steroid dienone is 1. The maximum absolute atomic E-state index is 12.6. The Kier molecular flexibility index (Phi) is 4.23. The van der Waals surface area contributed by atoms with Gasteiger partial charge in [-0.15, -0.1) is 0 Å². The molecule has 0 bridgehead atoms. The fourth-order valence-electron chi connectivity index (χ4n) is 2.70. The number of ether oxygens (including phenoxy) is 1. The Labute approximate surface area is 148 Å². The van der Waals surface area contributed by atoms with E-state index in [2.05, 4.69) is 0 Å². The van der Waals surface area contributed by atoms with Crippen LogP contribution in [0.25, 0.3) is 17.0 Å². The van der Waals surface area contributed by atoms with Gasteiger partial charge in [0, 0.05) is 11.4 Å². The highest BCUT2D eigenvalue weighted by Gasteiger charge is 2.33. The summed E-state index contributed by atoms with van der Waals surface area (Å²) in [6.45, 7) is 3.53. The molecule has 1 aromatic carbocycles. The van der Waals surface area contributed by atoms with Gasteiger partial charge in [0.25, 0.3) is 0 Å². The number of carbonyl (C=O) groups excluding carboxylic acids is 1. The first-order valence-electron chi connectivity index (χ1n) is 7.56. The quantitative estimate of drug-likeness (QED) is 0.760. The summed E-state index contributed by atoms with van der Waals surface area (Å²) in [7, 11) is 0. The zero-order valence-electron chi connectivity index (χ0n) is 13.6. The van der Waals surface area contributed by atoms with Crippen LogP contribution in [-0.2, 0) is 9.53 Å². The van der Waals surface area contributed by atoms with E-state index in [4.69, 9.17) is 20.8 Å². The molecular weight excluding hydrogens is 342 g/mol. The standard InChI is InChI=1S/C19H14ClNO4/c1-19(2)8-11(15(9-21)18(23)25-19)3-4-12-10-24-16-6-5-13(20)7-14(16)17(12)22/h3-7,10H,8H2,1-2H3/b4-3+. The lowest BCUT2D eigenvalue weighted by molar-refractivity contribution is -0.152. The molecule has 1 aliphatic rings. The molecule has 0 saturated carbocycles. The van der Waals surface area contributed by atoms with Gasteiger partial charge in [0.1, 0.15) is 29.1 Å². The van der Waals surface area contributed by atoms with Crippen molar-refractivity contribution in [2.45, 2.75) is 25.9 Å². The summed E-state index contributed by atoms with van der Waals surface area (Å²) in [4.78, 5) is 24.5. The number of hydrogen-bond donors (Lipinski definition) is 0. The van der Waals surface area contributed by atoms with Crippen molar-refractivity contribution in [1.82, 2.24) is 0 Å². The summed E-state index contributed by atoms with van der Waals surface area (Å²) in [5.41, 5.74) is 0.260. The van der Waals surface area contributed by atoms with E-state index in [0.29, 0.717) is 33.5 Å². The number of hydrogen-bond acceptors (Lipinski definition) is 5. The van der Waals surface area contributed by atoms with Crippen LogP contribution in [0.15, 0.2) is 50.9 Å². The molecule has 3 rings (SSSR count). The van der Waals surface area contributed by atoms with E-state index >= 15 is 0 Å². The van der Waals surface area contributed by atoms with Crippen LogP contribution in [0.3, 0.4) is 0 Å². The largest absolute Gasteiger partial charge is 0.463 e. The number of nitrogens with zero attached hydrogens (tertiary/aromatic N) is 1. The average Bonchev–Trinajstić information content (AvgIpc) is 2.53. The van der Waals surface area contributed by atoms with Crippen molar-refractivity contribution < 1.29 is 13.9 Å². The van der Waals surface area contributed by atoms with Crippen molar-refractivity contribution in [3.8, 4) is 6.07 Å². The number of nitriles is 1. The Morgan fingerprint density at radius 1 is 1.28 bits per heavy atom. The minimum absolute atomic E-state index is 0.0520. The average molecular weight is 356 g/mol. The lowest BCUT2D eigenvalue weighted by Crippen LogP contribution is -2.33.